The summed E-state index contributed by atoms with van der Waals surface area (Å²) in [6, 6.07) is 4.15. The number of rotatable bonds is 7. The summed E-state index contributed by atoms with van der Waals surface area (Å²) >= 11 is 0. The lowest BCUT2D eigenvalue weighted by molar-refractivity contribution is 0.0770. The Bertz CT molecular complexity index is 415. The molecule has 0 aliphatic heterocycles. The van der Waals surface area contributed by atoms with Gasteiger partial charge in [0.25, 0.3) is 0 Å². The Hall–Kier alpha value is -1.31. The minimum atomic E-state index is 0.305. The molecule has 0 amide bonds. The van der Waals surface area contributed by atoms with Crippen LogP contribution in [0.3, 0.4) is 0 Å². The fourth-order valence-electron chi connectivity index (χ4n) is 1.79. The summed E-state index contributed by atoms with van der Waals surface area (Å²) in [5.74, 6) is 0. The van der Waals surface area contributed by atoms with Crippen molar-refractivity contribution in [3.63, 3.8) is 0 Å². The van der Waals surface area contributed by atoms with Crippen LogP contribution in [-0.4, -0.2) is 23.8 Å². The zero-order chi connectivity index (χ0) is 13.5. The Morgan fingerprint density at radius 3 is 2.78 bits per heavy atom. The molecule has 1 aromatic heterocycles. The average molecular weight is 249 g/mol. The molecular weight excluding hydrogens is 226 g/mol. The van der Waals surface area contributed by atoms with E-state index >= 15 is 0 Å². The van der Waals surface area contributed by atoms with Gasteiger partial charge in [0.2, 0.25) is 0 Å². The van der Waals surface area contributed by atoms with Gasteiger partial charge >= 0.3 is 0 Å². The van der Waals surface area contributed by atoms with Crippen LogP contribution >= 0.6 is 0 Å². The average Bonchev–Trinajstić information content (AvgIpc) is 2.60. The standard InChI is InChI=1S/C14H23N3O/c1-11(2)18-7-5-6-16-10-13-8-14(9-15)17(4)12(13)3/h8,11,16H,5-7,10H2,1-4H3. The molecule has 1 heterocycles. The third-order valence-electron chi connectivity index (χ3n) is 3.02. The highest BCUT2D eigenvalue weighted by Gasteiger charge is 2.07. The number of nitriles is 1. The second-order valence-electron chi connectivity index (χ2n) is 4.76. The highest BCUT2D eigenvalue weighted by molar-refractivity contribution is 5.33. The molecule has 0 atom stereocenters. The number of ether oxygens (including phenoxy) is 1. The molecule has 4 nitrogen and oxygen atoms in total. The fraction of sp³-hybridized carbons (Fsp3) is 0.643. The van der Waals surface area contributed by atoms with E-state index in [1.807, 2.05) is 38.5 Å². The number of nitrogens with zero attached hydrogens (tertiary/aromatic N) is 2. The maximum atomic E-state index is 8.94. The molecule has 1 rings (SSSR count). The molecule has 0 saturated carbocycles. The first kappa shape index (κ1) is 14.7. The number of hydrogen-bond donors (Lipinski definition) is 1. The van der Waals surface area contributed by atoms with E-state index in [9.17, 15) is 0 Å². The molecule has 0 aliphatic rings. The first-order valence-electron chi connectivity index (χ1n) is 6.44. The highest BCUT2D eigenvalue weighted by atomic mass is 16.5. The predicted molar refractivity (Wildman–Crippen MR) is 72.3 cm³/mol. The summed E-state index contributed by atoms with van der Waals surface area (Å²) in [4.78, 5) is 0. The smallest absolute Gasteiger partial charge is 0.120 e. The minimum Gasteiger partial charge on any atom is -0.379 e. The summed E-state index contributed by atoms with van der Waals surface area (Å²) in [6.07, 6.45) is 1.31. The summed E-state index contributed by atoms with van der Waals surface area (Å²) in [5.41, 5.74) is 3.06. The molecule has 0 spiro atoms. The van der Waals surface area contributed by atoms with Gasteiger partial charge in [-0.25, -0.2) is 0 Å². The Labute approximate surface area is 110 Å². The molecule has 0 aromatic carbocycles. The topological polar surface area (TPSA) is 50.0 Å². The van der Waals surface area contributed by atoms with E-state index in [-0.39, 0.29) is 0 Å². The largest absolute Gasteiger partial charge is 0.379 e. The van der Waals surface area contributed by atoms with E-state index in [1.165, 1.54) is 5.56 Å². The Morgan fingerprint density at radius 2 is 2.22 bits per heavy atom. The minimum absolute atomic E-state index is 0.305. The van der Waals surface area contributed by atoms with Crippen LogP contribution in [0, 0.1) is 18.3 Å². The maximum absolute atomic E-state index is 8.94. The molecule has 0 unspecified atom stereocenters. The zero-order valence-electron chi connectivity index (χ0n) is 11.8. The molecule has 18 heavy (non-hydrogen) atoms. The van der Waals surface area contributed by atoms with Crippen molar-refractivity contribution in [1.82, 2.24) is 9.88 Å². The van der Waals surface area contributed by atoms with Crippen molar-refractivity contribution in [3.8, 4) is 6.07 Å². The van der Waals surface area contributed by atoms with Crippen LogP contribution in [0.25, 0.3) is 0 Å². The molecule has 0 aliphatic carbocycles. The van der Waals surface area contributed by atoms with Gasteiger partial charge in [0.1, 0.15) is 11.8 Å². The molecular formula is C14H23N3O. The summed E-state index contributed by atoms with van der Waals surface area (Å²) < 4.78 is 7.40. The second-order valence-corrected chi connectivity index (χ2v) is 4.76. The lowest BCUT2D eigenvalue weighted by Crippen LogP contribution is -2.17. The monoisotopic (exact) mass is 249 g/mol. The van der Waals surface area contributed by atoms with Crippen molar-refractivity contribution in [2.45, 2.75) is 39.8 Å². The molecule has 100 valence electrons. The van der Waals surface area contributed by atoms with Crippen LogP contribution in [0.1, 0.15) is 37.2 Å². The normalized spacial score (nSPS) is 10.9. The van der Waals surface area contributed by atoms with E-state index in [4.69, 9.17) is 10.00 Å². The molecule has 0 bridgehead atoms. The van der Waals surface area contributed by atoms with Crippen LogP contribution in [-0.2, 0) is 18.3 Å². The van der Waals surface area contributed by atoms with E-state index in [0.29, 0.717) is 11.8 Å². The van der Waals surface area contributed by atoms with E-state index in [1.54, 1.807) is 0 Å². The molecule has 0 radical (unpaired) electrons. The van der Waals surface area contributed by atoms with Crippen LogP contribution in [0.2, 0.25) is 0 Å². The Kier molecular flexibility index (Phi) is 5.90. The number of hydrogen-bond acceptors (Lipinski definition) is 3. The van der Waals surface area contributed by atoms with Gasteiger partial charge in [-0.15, -0.1) is 0 Å². The van der Waals surface area contributed by atoms with Crippen LogP contribution in [0.5, 0.6) is 0 Å². The van der Waals surface area contributed by atoms with Crippen molar-refractivity contribution in [2.24, 2.45) is 7.05 Å². The van der Waals surface area contributed by atoms with E-state index in [2.05, 4.69) is 11.4 Å². The summed E-state index contributed by atoms with van der Waals surface area (Å²) in [6.45, 7) is 8.67. The highest BCUT2D eigenvalue weighted by Crippen LogP contribution is 2.12. The maximum Gasteiger partial charge on any atom is 0.120 e. The predicted octanol–water partition coefficient (Wildman–Crippen LogP) is 2.11. The van der Waals surface area contributed by atoms with Gasteiger partial charge in [-0.3, -0.25) is 0 Å². The van der Waals surface area contributed by atoms with Crippen LogP contribution in [0.15, 0.2) is 6.07 Å². The molecule has 0 saturated heterocycles. The fourth-order valence-corrected chi connectivity index (χ4v) is 1.79. The first-order valence-corrected chi connectivity index (χ1v) is 6.44. The Morgan fingerprint density at radius 1 is 1.50 bits per heavy atom. The third kappa shape index (κ3) is 4.17. The number of aromatic nitrogens is 1. The van der Waals surface area contributed by atoms with Crippen molar-refractivity contribution >= 4 is 0 Å². The van der Waals surface area contributed by atoms with Crippen molar-refractivity contribution in [3.05, 3.63) is 23.0 Å². The molecule has 1 N–H and O–H groups in total. The van der Waals surface area contributed by atoms with Crippen LogP contribution in [0.4, 0.5) is 0 Å². The molecule has 0 fully saturated rings. The van der Waals surface area contributed by atoms with Gasteiger partial charge in [-0.1, -0.05) is 0 Å². The van der Waals surface area contributed by atoms with E-state index in [0.717, 1.165) is 31.8 Å². The lowest BCUT2D eigenvalue weighted by atomic mass is 10.2. The SMILES string of the molecule is Cc1c(CNCCCOC(C)C)cc(C#N)n1C. The van der Waals surface area contributed by atoms with Gasteiger partial charge in [0.15, 0.2) is 0 Å². The molecule has 4 heteroatoms. The van der Waals surface area contributed by atoms with Crippen LogP contribution < -0.4 is 5.32 Å². The van der Waals surface area contributed by atoms with Crippen molar-refractivity contribution in [1.29, 1.82) is 5.26 Å². The second kappa shape index (κ2) is 7.20. The third-order valence-corrected chi connectivity index (χ3v) is 3.02. The summed E-state index contributed by atoms with van der Waals surface area (Å²) in [5, 5.41) is 12.3. The summed E-state index contributed by atoms with van der Waals surface area (Å²) in [7, 11) is 1.92. The lowest BCUT2D eigenvalue weighted by Gasteiger charge is -2.08. The van der Waals surface area contributed by atoms with Gasteiger partial charge < -0.3 is 14.6 Å². The zero-order valence-corrected chi connectivity index (χ0v) is 11.8. The molecule has 1 aromatic rings. The van der Waals surface area contributed by atoms with Crippen molar-refractivity contribution < 1.29 is 4.74 Å². The van der Waals surface area contributed by atoms with Gasteiger partial charge in [-0.2, -0.15) is 5.26 Å². The quantitative estimate of drug-likeness (QED) is 0.753. The Balaban J connectivity index is 2.30. The first-order chi connectivity index (χ1) is 8.56. The van der Waals surface area contributed by atoms with Crippen molar-refractivity contribution in [2.75, 3.05) is 13.2 Å². The number of nitrogens with one attached hydrogen (secondary N) is 1. The van der Waals surface area contributed by atoms with Gasteiger partial charge in [-0.05, 0) is 45.4 Å². The van der Waals surface area contributed by atoms with E-state index < -0.39 is 0 Å². The van der Waals surface area contributed by atoms with Gasteiger partial charge in [0, 0.05) is 25.9 Å². The van der Waals surface area contributed by atoms with Gasteiger partial charge in [0.05, 0.1) is 6.10 Å².